The highest BCUT2D eigenvalue weighted by Crippen LogP contribution is 2.51. The number of amides is 3. The SMILES string of the molecule is Cc1nn(COCC[Si](C)(C)C)c(C)c1-c1ccc(NC(=O)[C@@H](NC(=O)c2ccnn2CC(CNC(=O)CN=[N+]=[N-])O[Si](C)(C)C(C)(C)C)C(C2CC2)C2CC2)cc1. The normalized spacial score (nSPS) is 15.8. The first kappa shape index (κ1) is 44.8. The Morgan fingerprint density at radius 1 is 1.00 bits per heavy atom. The van der Waals surface area contributed by atoms with Crippen molar-refractivity contribution in [1.29, 1.82) is 0 Å². The first-order valence-electron chi connectivity index (χ1n) is 20.6. The minimum atomic E-state index is -2.32. The van der Waals surface area contributed by atoms with E-state index in [1.165, 1.54) is 0 Å². The van der Waals surface area contributed by atoms with Crippen molar-refractivity contribution in [1.82, 2.24) is 30.2 Å². The minimum absolute atomic E-state index is 0.0321. The molecule has 2 fully saturated rings. The van der Waals surface area contributed by atoms with Gasteiger partial charge in [0.1, 0.15) is 25.0 Å². The molecule has 0 radical (unpaired) electrons. The Kier molecular flexibility index (Phi) is 14.5. The largest absolute Gasteiger partial charge is 0.410 e. The zero-order valence-electron chi connectivity index (χ0n) is 36.1. The zero-order valence-corrected chi connectivity index (χ0v) is 38.1. The van der Waals surface area contributed by atoms with Crippen molar-refractivity contribution in [3.05, 3.63) is 64.1 Å². The molecule has 5 rings (SSSR count). The monoisotopic (exact) mass is 832 g/mol. The van der Waals surface area contributed by atoms with Gasteiger partial charge in [0.15, 0.2) is 8.32 Å². The molecule has 17 heteroatoms. The van der Waals surface area contributed by atoms with E-state index in [-0.39, 0.29) is 36.5 Å². The van der Waals surface area contributed by atoms with Crippen LogP contribution in [0.1, 0.15) is 68.3 Å². The number of rotatable bonds is 21. The van der Waals surface area contributed by atoms with Crippen molar-refractivity contribution < 1.29 is 23.5 Å². The van der Waals surface area contributed by atoms with E-state index in [2.05, 4.69) is 91.5 Å². The maximum atomic E-state index is 14.3. The molecule has 316 valence electrons. The molecule has 1 unspecified atom stereocenters. The molecule has 0 aliphatic heterocycles. The molecular formula is C41H64N10O5Si2. The molecule has 2 atom stereocenters. The molecule has 2 heterocycles. The molecule has 15 nitrogen and oxygen atoms in total. The third-order valence-electron chi connectivity index (χ3n) is 11.7. The fourth-order valence-electron chi connectivity index (χ4n) is 7.13. The van der Waals surface area contributed by atoms with E-state index in [0.717, 1.165) is 60.8 Å². The van der Waals surface area contributed by atoms with Crippen LogP contribution in [-0.4, -0.2) is 85.5 Å². The van der Waals surface area contributed by atoms with Crippen LogP contribution in [-0.2, 0) is 32.0 Å². The van der Waals surface area contributed by atoms with Gasteiger partial charge in [0.05, 0.1) is 18.3 Å². The summed E-state index contributed by atoms with van der Waals surface area (Å²) >= 11 is 0. The van der Waals surface area contributed by atoms with E-state index < -0.39 is 40.4 Å². The van der Waals surface area contributed by atoms with Crippen molar-refractivity contribution in [2.75, 3.05) is 25.0 Å². The number of hydrogen-bond acceptors (Lipinski definition) is 8. The van der Waals surface area contributed by atoms with Gasteiger partial charge in [-0.05, 0) is 111 Å². The minimum Gasteiger partial charge on any atom is -0.410 e. The first-order valence-corrected chi connectivity index (χ1v) is 27.2. The van der Waals surface area contributed by atoms with E-state index in [9.17, 15) is 14.4 Å². The number of nitrogens with zero attached hydrogens (tertiary/aromatic N) is 7. The average Bonchev–Trinajstić information content (AvgIpc) is 4.08. The smallest absolute Gasteiger partial charge is 0.270 e. The van der Waals surface area contributed by atoms with Gasteiger partial charge < -0.3 is 25.1 Å². The van der Waals surface area contributed by atoms with Crippen LogP contribution in [0.2, 0.25) is 43.8 Å². The highest BCUT2D eigenvalue weighted by atomic mass is 28.4. The number of carbonyl (C=O) groups is 3. The van der Waals surface area contributed by atoms with Crippen LogP contribution in [0.4, 0.5) is 5.69 Å². The lowest BCUT2D eigenvalue weighted by atomic mass is 9.88. The Balaban J connectivity index is 1.30. The molecule has 0 spiro atoms. The molecule has 58 heavy (non-hydrogen) atoms. The summed E-state index contributed by atoms with van der Waals surface area (Å²) in [5.74, 6) is -0.267. The highest BCUT2D eigenvalue weighted by Gasteiger charge is 2.48. The number of aryl methyl sites for hydroxylation is 1. The van der Waals surface area contributed by atoms with Crippen molar-refractivity contribution >= 4 is 39.8 Å². The Labute approximate surface area is 345 Å². The van der Waals surface area contributed by atoms with Crippen LogP contribution in [0.25, 0.3) is 21.6 Å². The molecule has 2 aliphatic carbocycles. The van der Waals surface area contributed by atoms with Crippen molar-refractivity contribution in [2.45, 2.75) is 130 Å². The van der Waals surface area contributed by atoms with Crippen LogP contribution in [0, 0.1) is 31.6 Å². The van der Waals surface area contributed by atoms with E-state index in [0.29, 0.717) is 29.9 Å². The molecule has 2 aliphatic rings. The summed E-state index contributed by atoms with van der Waals surface area (Å²) in [6, 6.07) is 9.80. The average molecular weight is 833 g/mol. The molecule has 3 N–H and O–H groups in total. The maximum absolute atomic E-state index is 14.3. The number of nitrogens with one attached hydrogen (secondary N) is 3. The van der Waals surface area contributed by atoms with E-state index in [1.807, 2.05) is 35.9 Å². The summed E-state index contributed by atoms with van der Waals surface area (Å²) in [6.07, 6.45) is 5.21. The van der Waals surface area contributed by atoms with Gasteiger partial charge in [0.2, 0.25) is 11.8 Å². The van der Waals surface area contributed by atoms with Crippen molar-refractivity contribution in [3.63, 3.8) is 0 Å². The van der Waals surface area contributed by atoms with Crippen LogP contribution in [0.3, 0.4) is 0 Å². The predicted octanol–water partition coefficient (Wildman–Crippen LogP) is 7.67. The highest BCUT2D eigenvalue weighted by molar-refractivity contribution is 6.76. The van der Waals surface area contributed by atoms with Crippen LogP contribution in [0.5, 0.6) is 0 Å². The Morgan fingerprint density at radius 3 is 2.24 bits per heavy atom. The van der Waals surface area contributed by atoms with Crippen molar-refractivity contribution in [2.24, 2.45) is 22.9 Å². The third kappa shape index (κ3) is 12.1. The predicted molar refractivity (Wildman–Crippen MR) is 231 cm³/mol. The molecule has 3 aromatic rings. The van der Waals surface area contributed by atoms with Crippen LogP contribution in [0.15, 0.2) is 41.6 Å². The number of carbonyl (C=O) groups excluding carboxylic acids is 3. The molecule has 2 aromatic heterocycles. The second-order valence-corrected chi connectivity index (χ2v) is 29.1. The van der Waals surface area contributed by atoms with Gasteiger partial charge in [0, 0.05) is 49.3 Å². The molecular weight excluding hydrogens is 769 g/mol. The number of aromatic nitrogens is 4. The second-order valence-electron chi connectivity index (χ2n) is 18.8. The maximum Gasteiger partial charge on any atom is 0.270 e. The summed E-state index contributed by atoms with van der Waals surface area (Å²) < 4.78 is 16.2. The number of ether oxygens (including phenoxy) is 1. The molecule has 3 amide bonds. The Hall–Kier alpha value is -4.29. The van der Waals surface area contributed by atoms with Crippen molar-refractivity contribution in [3.8, 4) is 11.1 Å². The quantitative estimate of drug-likeness (QED) is 0.0323. The lowest BCUT2D eigenvalue weighted by molar-refractivity contribution is -0.120. The topological polar surface area (TPSA) is 190 Å². The van der Waals surface area contributed by atoms with Gasteiger partial charge in [-0.3, -0.25) is 19.1 Å². The number of benzene rings is 1. The Morgan fingerprint density at radius 2 is 1.66 bits per heavy atom. The third-order valence-corrected chi connectivity index (χ3v) is 18.0. The fourth-order valence-corrected chi connectivity index (χ4v) is 9.23. The lowest BCUT2D eigenvalue weighted by Gasteiger charge is -2.39. The van der Waals surface area contributed by atoms with Crippen LogP contribution < -0.4 is 16.0 Å². The fraction of sp³-hybridized carbons (Fsp3) is 0.634. The lowest BCUT2D eigenvalue weighted by Crippen LogP contribution is -2.51. The summed E-state index contributed by atoms with van der Waals surface area (Å²) in [5.41, 5.74) is 13.6. The summed E-state index contributed by atoms with van der Waals surface area (Å²) in [5, 5.41) is 21.5. The zero-order chi connectivity index (χ0) is 42.4. The number of azide groups is 1. The van der Waals surface area contributed by atoms with E-state index in [4.69, 9.17) is 19.8 Å². The Bertz CT molecular complexity index is 1940. The van der Waals surface area contributed by atoms with Gasteiger partial charge in [-0.2, -0.15) is 10.2 Å². The van der Waals surface area contributed by atoms with E-state index in [1.54, 1.807) is 16.9 Å². The molecule has 0 bridgehead atoms. The molecule has 1 aromatic carbocycles. The summed E-state index contributed by atoms with van der Waals surface area (Å²) in [6.45, 7) is 22.8. The molecule has 2 saturated carbocycles. The number of hydrogen-bond donors (Lipinski definition) is 3. The second kappa shape index (κ2) is 18.7. The van der Waals surface area contributed by atoms with Gasteiger partial charge in [-0.15, -0.1) is 0 Å². The summed E-state index contributed by atoms with van der Waals surface area (Å²) in [4.78, 5) is 43.5. The summed E-state index contributed by atoms with van der Waals surface area (Å²) in [7, 11) is -3.51. The van der Waals surface area contributed by atoms with Gasteiger partial charge in [-0.25, -0.2) is 4.68 Å². The number of anilines is 1. The first-order chi connectivity index (χ1) is 27.3. The standard InChI is InChI=1S/C41H64N10O5Si2/c1-27-36(28(2)51(48-27)26-55-21-22-57(6,7)8)29-15-17-32(18-16-29)46-40(54)38(37(30-11-12-30)31-13-14-31)47-39(53)34-19-20-45-50(34)25-33(23-43-35(52)24-44-49-42)56-58(9,10)41(3,4)5/h15-20,30-31,33,37-38H,11-14,21-26H2,1-10H3,(H,43,52)(H,46,54)(H,47,53)/t33?,38-/m0/s1. The molecule has 0 saturated heterocycles. The van der Waals surface area contributed by atoms with Gasteiger partial charge >= 0.3 is 0 Å². The van der Waals surface area contributed by atoms with E-state index >= 15 is 0 Å². The van der Waals surface area contributed by atoms with Crippen LogP contribution >= 0.6 is 0 Å². The van der Waals surface area contributed by atoms with Gasteiger partial charge in [-0.1, -0.05) is 57.7 Å². The van der Waals surface area contributed by atoms with Gasteiger partial charge in [0.25, 0.3) is 5.91 Å².